The molecule has 0 aliphatic rings. The normalized spacial score (nSPS) is 10.8. The Morgan fingerprint density at radius 1 is 1.15 bits per heavy atom. The van der Waals surface area contributed by atoms with Crippen molar-refractivity contribution < 1.29 is 9.90 Å². The highest BCUT2D eigenvalue weighted by atomic mass is 16.4. The van der Waals surface area contributed by atoms with Crippen molar-refractivity contribution in [2.24, 2.45) is 0 Å². The van der Waals surface area contributed by atoms with E-state index in [9.17, 15) is 9.90 Å². The van der Waals surface area contributed by atoms with Crippen LogP contribution < -0.4 is 0 Å². The highest BCUT2D eigenvalue weighted by Gasteiger charge is 2.17. The first-order valence-electron chi connectivity index (χ1n) is 6.39. The zero-order chi connectivity index (χ0) is 14.1. The number of nitrogens with zero attached hydrogens (tertiary/aromatic N) is 2. The van der Waals surface area contributed by atoms with Gasteiger partial charge in [-0.3, -0.25) is 4.68 Å². The number of hydrogen-bond donors (Lipinski definition) is 1. The second-order valence-electron chi connectivity index (χ2n) is 4.81. The van der Waals surface area contributed by atoms with E-state index in [1.54, 1.807) is 10.7 Å². The zero-order valence-corrected chi connectivity index (χ0v) is 11.1. The summed E-state index contributed by atoms with van der Waals surface area (Å²) in [5.41, 5.74) is 3.15. The first-order valence-corrected chi connectivity index (χ1v) is 6.39. The van der Waals surface area contributed by atoms with Crippen LogP contribution in [0.25, 0.3) is 10.9 Å². The molecule has 0 saturated carbocycles. The first kappa shape index (κ1) is 12.4. The van der Waals surface area contributed by atoms with Crippen molar-refractivity contribution in [1.82, 2.24) is 9.78 Å². The number of benzene rings is 2. The Morgan fingerprint density at radius 3 is 2.55 bits per heavy atom. The molecule has 0 aliphatic heterocycles. The minimum Gasteiger partial charge on any atom is -0.477 e. The molecule has 0 atom stereocenters. The Kier molecular flexibility index (Phi) is 2.99. The van der Waals surface area contributed by atoms with Crippen LogP contribution in [0.2, 0.25) is 0 Å². The second-order valence-corrected chi connectivity index (χ2v) is 4.81. The SMILES string of the molecule is Cc1ccc(Cn2nc3ccccc3c2C(=O)O)cc1. The van der Waals surface area contributed by atoms with Gasteiger partial charge in [0.25, 0.3) is 0 Å². The van der Waals surface area contributed by atoms with Crippen LogP contribution in [0, 0.1) is 6.92 Å². The number of carboxylic acids is 1. The van der Waals surface area contributed by atoms with E-state index in [1.165, 1.54) is 5.56 Å². The van der Waals surface area contributed by atoms with E-state index < -0.39 is 5.97 Å². The molecular weight excluding hydrogens is 252 g/mol. The van der Waals surface area contributed by atoms with Crippen LogP contribution in [0.5, 0.6) is 0 Å². The van der Waals surface area contributed by atoms with Crippen LogP contribution >= 0.6 is 0 Å². The molecule has 0 bridgehead atoms. The molecule has 1 aromatic heterocycles. The highest BCUT2D eigenvalue weighted by Crippen LogP contribution is 2.19. The van der Waals surface area contributed by atoms with Gasteiger partial charge in [-0.1, -0.05) is 48.0 Å². The van der Waals surface area contributed by atoms with Gasteiger partial charge >= 0.3 is 5.97 Å². The molecule has 0 fully saturated rings. The van der Waals surface area contributed by atoms with Crippen molar-refractivity contribution in [3.63, 3.8) is 0 Å². The van der Waals surface area contributed by atoms with Gasteiger partial charge in [-0.2, -0.15) is 5.10 Å². The third-order valence-corrected chi connectivity index (χ3v) is 3.30. The lowest BCUT2D eigenvalue weighted by molar-refractivity contribution is 0.0686. The van der Waals surface area contributed by atoms with Gasteiger partial charge in [0.15, 0.2) is 5.69 Å². The predicted molar refractivity (Wildman–Crippen MR) is 77.0 cm³/mol. The summed E-state index contributed by atoms with van der Waals surface area (Å²) in [6.07, 6.45) is 0. The topological polar surface area (TPSA) is 55.1 Å². The maximum atomic E-state index is 11.5. The molecule has 2 aromatic carbocycles. The van der Waals surface area contributed by atoms with Crippen LogP contribution in [-0.2, 0) is 6.54 Å². The summed E-state index contributed by atoms with van der Waals surface area (Å²) in [6, 6.07) is 15.3. The number of carbonyl (C=O) groups is 1. The summed E-state index contributed by atoms with van der Waals surface area (Å²) in [4.78, 5) is 11.5. The average molecular weight is 266 g/mol. The fraction of sp³-hybridized carbons (Fsp3) is 0.125. The smallest absolute Gasteiger partial charge is 0.354 e. The molecule has 4 heteroatoms. The van der Waals surface area contributed by atoms with E-state index in [4.69, 9.17) is 0 Å². The molecule has 0 unspecified atom stereocenters. The van der Waals surface area contributed by atoms with Crippen LogP contribution in [0.3, 0.4) is 0 Å². The van der Waals surface area contributed by atoms with Gasteiger partial charge in [0.2, 0.25) is 0 Å². The first-order chi connectivity index (χ1) is 9.65. The molecule has 20 heavy (non-hydrogen) atoms. The van der Waals surface area contributed by atoms with Gasteiger partial charge in [0.05, 0.1) is 12.1 Å². The molecular formula is C16H14N2O2. The largest absolute Gasteiger partial charge is 0.477 e. The summed E-state index contributed by atoms with van der Waals surface area (Å²) in [5.74, 6) is -0.953. The number of aromatic carboxylic acids is 1. The number of carboxylic acid groups (broad SMARTS) is 1. The van der Waals surface area contributed by atoms with E-state index in [-0.39, 0.29) is 5.69 Å². The summed E-state index contributed by atoms with van der Waals surface area (Å²) >= 11 is 0. The van der Waals surface area contributed by atoms with E-state index in [0.717, 1.165) is 5.56 Å². The summed E-state index contributed by atoms with van der Waals surface area (Å²) in [7, 11) is 0. The molecule has 0 aliphatic carbocycles. The third-order valence-electron chi connectivity index (χ3n) is 3.30. The Balaban J connectivity index is 2.08. The fourth-order valence-electron chi connectivity index (χ4n) is 2.29. The number of aromatic nitrogens is 2. The number of fused-ring (bicyclic) bond motifs is 1. The number of aryl methyl sites for hydroxylation is 1. The third kappa shape index (κ3) is 2.16. The van der Waals surface area contributed by atoms with Gasteiger partial charge in [0, 0.05) is 5.39 Å². The van der Waals surface area contributed by atoms with Crippen molar-refractivity contribution >= 4 is 16.9 Å². The lowest BCUT2D eigenvalue weighted by Gasteiger charge is -2.05. The van der Waals surface area contributed by atoms with E-state index >= 15 is 0 Å². The quantitative estimate of drug-likeness (QED) is 0.792. The minimum atomic E-state index is -0.953. The molecule has 0 spiro atoms. The van der Waals surface area contributed by atoms with Crippen LogP contribution in [0.4, 0.5) is 0 Å². The number of rotatable bonds is 3. The zero-order valence-electron chi connectivity index (χ0n) is 11.1. The Morgan fingerprint density at radius 2 is 1.85 bits per heavy atom. The number of hydrogen-bond acceptors (Lipinski definition) is 2. The Bertz CT molecular complexity index is 773. The molecule has 1 heterocycles. The Hall–Kier alpha value is -2.62. The van der Waals surface area contributed by atoms with Crippen molar-refractivity contribution in [3.8, 4) is 0 Å². The molecule has 3 rings (SSSR count). The van der Waals surface area contributed by atoms with Gasteiger partial charge < -0.3 is 5.11 Å². The fourth-order valence-corrected chi connectivity index (χ4v) is 2.29. The molecule has 0 radical (unpaired) electrons. The van der Waals surface area contributed by atoms with Gasteiger partial charge in [-0.25, -0.2) is 4.79 Å². The van der Waals surface area contributed by atoms with Gasteiger partial charge in [0.1, 0.15) is 0 Å². The van der Waals surface area contributed by atoms with Gasteiger partial charge in [-0.05, 0) is 18.6 Å². The summed E-state index contributed by atoms with van der Waals surface area (Å²) in [6.45, 7) is 2.48. The van der Waals surface area contributed by atoms with Crippen molar-refractivity contribution in [2.75, 3.05) is 0 Å². The van der Waals surface area contributed by atoms with E-state index in [0.29, 0.717) is 17.4 Å². The molecule has 0 saturated heterocycles. The van der Waals surface area contributed by atoms with E-state index in [1.807, 2.05) is 49.4 Å². The van der Waals surface area contributed by atoms with Crippen molar-refractivity contribution in [3.05, 3.63) is 65.4 Å². The second kappa shape index (κ2) is 4.81. The lowest BCUT2D eigenvalue weighted by atomic mass is 10.1. The van der Waals surface area contributed by atoms with Crippen LogP contribution in [0.15, 0.2) is 48.5 Å². The average Bonchev–Trinajstić information content (AvgIpc) is 2.79. The van der Waals surface area contributed by atoms with Crippen molar-refractivity contribution in [1.29, 1.82) is 0 Å². The molecule has 100 valence electrons. The maximum Gasteiger partial charge on any atom is 0.354 e. The van der Waals surface area contributed by atoms with Crippen molar-refractivity contribution in [2.45, 2.75) is 13.5 Å². The monoisotopic (exact) mass is 266 g/mol. The molecule has 4 nitrogen and oxygen atoms in total. The van der Waals surface area contributed by atoms with E-state index in [2.05, 4.69) is 5.10 Å². The molecule has 0 amide bonds. The molecule has 1 N–H and O–H groups in total. The standard InChI is InChI=1S/C16H14N2O2/c1-11-6-8-12(9-7-11)10-18-15(16(19)20)13-4-2-3-5-14(13)17-18/h2-9H,10H2,1H3,(H,19,20). The van der Waals surface area contributed by atoms with Crippen LogP contribution in [-0.4, -0.2) is 20.9 Å². The summed E-state index contributed by atoms with van der Waals surface area (Å²) < 4.78 is 1.55. The van der Waals surface area contributed by atoms with Crippen LogP contribution in [0.1, 0.15) is 21.6 Å². The van der Waals surface area contributed by atoms with Gasteiger partial charge in [-0.15, -0.1) is 0 Å². The highest BCUT2D eigenvalue weighted by molar-refractivity contribution is 6.01. The maximum absolute atomic E-state index is 11.5. The lowest BCUT2D eigenvalue weighted by Crippen LogP contribution is -2.11. The molecule has 3 aromatic rings. The summed E-state index contributed by atoms with van der Waals surface area (Å²) in [5, 5.41) is 14.5. The minimum absolute atomic E-state index is 0.237. The Labute approximate surface area is 116 Å². The predicted octanol–water partition coefficient (Wildman–Crippen LogP) is 3.09.